The van der Waals surface area contributed by atoms with Crippen molar-refractivity contribution < 1.29 is 89.4 Å². The van der Waals surface area contributed by atoms with E-state index < -0.39 is 124 Å². The number of rotatable bonds is 50. The van der Waals surface area contributed by atoms with Crippen LogP contribution in [0.15, 0.2) is 97.2 Å². The van der Waals surface area contributed by atoms with Crippen molar-refractivity contribution in [3.05, 3.63) is 97.2 Å². The van der Waals surface area contributed by atoms with Crippen LogP contribution < -0.4 is 5.32 Å². The van der Waals surface area contributed by atoms with E-state index in [0.717, 1.165) is 70.6 Å². The Morgan fingerprint density at radius 3 is 1.19 bits per heavy atom. The molecule has 0 spiro atoms. The molecule has 3 rings (SSSR count). The summed E-state index contributed by atoms with van der Waals surface area (Å²) < 4.78 is 34.0. The molecule has 0 aromatic heterocycles. The van der Waals surface area contributed by atoms with Crippen molar-refractivity contribution in [1.82, 2.24) is 5.32 Å². The number of unbranched alkanes of at least 4 members (excludes halogenated alkanes) is 20. The van der Waals surface area contributed by atoms with E-state index in [0.29, 0.717) is 12.8 Å². The van der Waals surface area contributed by atoms with E-state index in [1.807, 2.05) is 6.92 Å². The summed E-state index contributed by atoms with van der Waals surface area (Å²) in [5, 5.41) is 119. The number of hydrogen-bond acceptors (Lipinski definition) is 18. The normalized spacial score (nSPS) is 28.8. The molecule has 0 bridgehead atoms. The number of hydrogen-bond donors (Lipinski definition) is 12. The van der Waals surface area contributed by atoms with E-state index in [9.17, 15) is 61.0 Å². The number of aliphatic hydroxyl groups is 11. The maximum atomic E-state index is 13.2. The van der Waals surface area contributed by atoms with Crippen molar-refractivity contribution in [3.63, 3.8) is 0 Å². The number of ether oxygens (including phenoxy) is 6. The van der Waals surface area contributed by atoms with Crippen molar-refractivity contribution in [2.75, 3.05) is 26.4 Å². The zero-order valence-electron chi connectivity index (χ0n) is 53.9. The molecule has 89 heavy (non-hydrogen) atoms. The van der Waals surface area contributed by atoms with Crippen LogP contribution in [0.3, 0.4) is 0 Å². The third-order valence-electron chi connectivity index (χ3n) is 16.4. The van der Waals surface area contributed by atoms with Gasteiger partial charge >= 0.3 is 0 Å². The SMILES string of the molecule is CC/C=C\C/C=C\C/C=C\C/C=C\C/C=C\C/C=C\C/C=C\CCCCCCCCCCCCCCCCCCCCCC(=O)NC(COC1OC(CO)C(OC2OC(CO)C(OC3OC(CO)C(O)C(O)C3O)C(O)C2O)C(O)C1O)C(O)/C=C/CCC. The standard InChI is InChI=1S/C70H119NO18/c1-3-5-7-8-9-10-11-12-13-14-15-16-17-18-19-20-21-22-23-24-25-26-27-28-29-30-31-32-33-34-35-36-37-38-39-40-41-42-43-44-46-48-58(76)71-53(54(75)47-45-6-4-2)52-84-68-64(82)61(79)66(56(50-73)86-68)89-70-65(83)62(80)67(57(51-74)87-70)88-69-63(81)60(78)59(77)55(49-72)85-69/h5,7,9-10,12-13,15-16,18-19,21-22,24-25,45,47,53-57,59-70,72-75,77-83H,3-4,6,8,11,14,17,20,23,26-44,46,48-52H2,1-2H3,(H,71,76)/b7-5-,10-9-,13-12-,16-15-,19-18-,22-21-,25-24-,47-45+. The summed E-state index contributed by atoms with van der Waals surface area (Å²) in [6.45, 7) is 1.36. The maximum Gasteiger partial charge on any atom is 0.220 e. The van der Waals surface area contributed by atoms with Crippen molar-refractivity contribution in [3.8, 4) is 0 Å². The minimum absolute atomic E-state index is 0.238. The molecule has 512 valence electrons. The third-order valence-corrected chi connectivity index (χ3v) is 16.4. The Labute approximate surface area is 533 Å². The second kappa shape index (κ2) is 51.2. The molecular weight excluding hydrogens is 1140 g/mol. The summed E-state index contributed by atoms with van der Waals surface area (Å²) in [5.41, 5.74) is 0. The second-order valence-corrected chi connectivity index (χ2v) is 23.9. The smallest absolute Gasteiger partial charge is 0.220 e. The fourth-order valence-electron chi connectivity index (χ4n) is 10.9. The van der Waals surface area contributed by atoms with Crippen LogP contribution in [0.25, 0.3) is 0 Å². The van der Waals surface area contributed by atoms with E-state index in [4.69, 9.17) is 28.4 Å². The summed E-state index contributed by atoms with van der Waals surface area (Å²) in [6.07, 6.45) is 41.4. The van der Waals surface area contributed by atoms with E-state index in [1.54, 1.807) is 12.2 Å². The van der Waals surface area contributed by atoms with Gasteiger partial charge in [-0.05, 0) is 70.6 Å². The van der Waals surface area contributed by atoms with E-state index in [1.165, 1.54) is 103 Å². The number of amides is 1. The Morgan fingerprint density at radius 1 is 0.416 bits per heavy atom. The number of carbonyl (C=O) groups is 1. The van der Waals surface area contributed by atoms with Crippen LogP contribution in [0.4, 0.5) is 0 Å². The Bertz CT molecular complexity index is 1990. The molecule has 0 aliphatic carbocycles. The Balaban J connectivity index is 1.19. The lowest BCUT2D eigenvalue weighted by Gasteiger charge is -2.48. The summed E-state index contributed by atoms with van der Waals surface area (Å²) in [5.74, 6) is -0.289. The average molecular weight is 1260 g/mol. The van der Waals surface area contributed by atoms with Gasteiger partial charge in [-0.2, -0.15) is 0 Å². The highest BCUT2D eigenvalue weighted by molar-refractivity contribution is 5.76. The van der Waals surface area contributed by atoms with Gasteiger partial charge in [0.25, 0.3) is 0 Å². The maximum absolute atomic E-state index is 13.2. The minimum Gasteiger partial charge on any atom is -0.394 e. The molecule has 3 fully saturated rings. The fourth-order valence-corrected chi connectivity index (χ4v) is 10.9. The van der Waals surface area contributed by atoms with Gasteiger partial charge in [0.05, 0.1) is 38.6 Å². The van der Waals surface area contributed by atoms with Crippen molar-refractivity contribution >= 4 is 5.91 Å². The number of allylic oxidation sites excluding steroid dienone is 15. The highest BCUT2D eigenvalue weighted by Gasteiger charge is 2.53. The predicted molar refractivity (Wildman–Crippen MR) is 346 cm³/mol. The first-order valence-corrected chi connectivity index (χ1v) is 34.0. The first-order valence-electron chi connectivity index (χ1n) is 34.0. The predicted octanol–water partition coefficient (Wildman–Crippen LogP) is 8.49. The lowest BCUT2D eigenvalue weighted by atomic mass is 9.96. The molecule has 0 radical (unpaired) electrons. The molecule has 12 N–H and O–H groups in total. The monoisotopic (exact) mass is 1260 g/mol. The first kappa shape index (κ1) is 79.9. The number of nitrogens with one attached hydrogen (secondary N) is 1. The quantitative estimate of drug-likeness (QED) is 0.0201. The van der Waals surface area contributed by atoms with Gasteiger partial charge in [0, 0.05) is 6.42 Å². The van der Waals surface area contributed by atoms with Gasteiger partial charge in [0.2, 0.25) is 5.91 Å². The van der Waals surface area contributed by atoms with Crippen LogP contribution in [0.2, 0.25) is 0 Å². The summed E-state index contributed by atoms with van der Waals surface area (Å²) >= 11 is 0. The van der Waals surface area contributed by atoms with Crippen molar-refractivity contribution in [1.29, 1.82) is 0 Å². The van der Waals surface area contributed by atoms with Gasteiger partial charge in [-0.25, -0.2) is 0 Å². The Kier molecular flexibility index (Phi) is 46.0. The lowest BCUT2D eigenvalue weighted by molar-refractivity contribution is -0.379. The molecule has 3 aliphatic heterocycles. The third kappa shape index (κ3) is 33.4. The molecule has 0 aromatic rings. The van der Waals surface area contributed by atoms with Crippen LogP contribution in [0, 0.1) is 0 Å². The molecule has 0 aromatic carbocycles. The van der Waals surface area contributed by atoms with Crippen LogP contribution in [0.1, 0.15) is 206 Å². The van der Waals surface area contributed by atoms with Crippen LogP contribution in [0.5, 0.6) is 0 Å². The van der Waals surface area contributed by atoms with E-state index in [-0.39, 0.29) is 18.9 Å². The van der Waals surface area contributed by atoms with Gasteiger partial charge in [-0.1, -0.05) is 227 Å². The highest BCUT2D eigenvalue weighted by Crippen LogP contribution is 2.33. The molecule has 3 aliphatic rings. The fraction of sp³-hybridized carbons (Fsp3) is 0.757. The molecular formula is C70H119NO18. The highest BCUT2D eigenvalue weighted by atomic mass is 16.8. The van der Waals surface area contributed by atoms with Gasteiger partial charge in [0.15, 0.2) is 18.9 Å². The molecule has 17 unspecified atom stereocenters. The van der Waals surface area contributed by atoms with Gasteiger partial charge in [-0.3, -0.25) is 4.79 Å². The minimum atomic E-state index is -1.98. The summed E-state index contributed by atoms with van der Waals surface area (Å²) in [4.78, 5) is 13.2. The van der Waals surface area contributed by atoms with Crippen molar-refractivity contribution in [2.45, 2.75) is 311 Å². The molecule has 0 saturated carbocycles. The number of aliphatic hydroxyl groups excluding tert-OH is 11. The molecule has 19 nitrogen and oxygen atoms in total. The van der Waals surface area contributed by atoms with Crippen molar-refractivity contribution in [2.24, 2.45) is 0 Å². The van der Waals surface area contributed by atoms with E-state index >= 15 is 0 Å². The lowest BCUT2D eigenvalue weighted by Crippen LogP contribution is -2.66. The van der Waals surface area contributed by atoms with Crippen LogP contribution in [-0.4, -0.2) is 193 Å². The molecule has 3 saturated heterocycles. The molecule has 3 heterocycles. The van der Waals surface area contributed by atoms with Crippen LogP contribution in [-0.2, 0) is 33.2 Å². The largest absolute Gasteiger partial charge is 0.394 e. The summed E-state index contributed by atoms with van der Waals surface area (Å²) in [6, 6.07) is -0.971. The van der Waals surface area contributed by atoms with Gasteiger partial charge in [0.1, 0.15) is 73.2 Å². The zero-order valence-corrected chi connectivity index (χ0v) is 53.9. The average Bonchev–Trinajstić information content (AvgIpc) is 1.74. The second-order valence-electron chi connectivity index (χ2n) is 23.9. The molecule has 19 heteroatoms. The first-order chi connectivity index (χ1) is 43.3. The van der Waals surface area contributed by atoms with Gasteiger partial charge in [-0.15, -0.1) is 0 Å². The molecule has 1 amide bonds. The molecule has 17 atom stereocenters. The summed E-state index contributed by atoms with van der Waals surface area (Å²) in [7, 11) is 0. The Hall–Kier alpha value is -3.29. The zero-order chi connectivity index (χ0) is 64.7. The van der Waals surface area contributed by atoms with Crippen LogP contribution >= 0.6 is 0 Å². The Morgan fingerprint density at radius 2 is 0.775 bits per heavy atom. The van der Waals surface area contributed by atoms with Gasteiger partial charge < -0.3 is 89.9 Å². The number of carbonyl (C=O) groups excluding carboxylic acids is 1. The topological polar surface area (TPSA) is 307 Å². The van der Waals surface area contributed by atoms with E-state index in [2.05, 4.69) is 97.3 Å².